The molecule has 0 saturated carbocycles. The van der Waals surface area contributed by atoms with Gasteiger partial charge in [0.25, 0.3) is 0 Å². The van der Waals surface area contributed by atoms with E-state index in [0.29, 0.717) is 18.7 Å². The van der Waals surface area contributed by atoms with Crippen molar-refractivity contribution in [3.8, 4) is 0 Å². The molecular weight excluding hydrogens is 360 g/mol. The van der Waals surface area contributed by atoms with E-state index in [0.717, 1.165) is 15.8 Å². The van der Waals surface area contributed by atoms with Crippen molar-refractivity contribution in [3.05, 3.63) is 51.8 Å². The number of nitrogens with zero attached hydrogens (tertiary/aromatic N) is 1. The first kappa shape index (κ1) is 19.2. The average molecular weight is 385 g/mol. The van der Waals surface area contributed by atoms with E-state index in [1.54, 1.807) is 17.4 Å². The number of amides is 1. The summed E-state index contributed by atoms with van der Waals surface area (Å²) >= 11 is 1.66. The molecule has 2 heterocycles. The molecule has 0 bridgehead atoms. The molecule has 0 saturated heterocycles. The van der Waals surface area contributed by atoms with E-state index in [1.165, 1.54) is 4.88 Å². The summed E-state index contributed by atoms with van der Waals surface area (Å²) in [6.45, 7) is 8.59. The van der Waals surface area contributed by atoms with E-state index < -0.39 is 5.97 Å². The van der Waals surface area contributed by atoms with Gasteiger partial charge < -0.3 is 15.0 Å². The van der Waals surface area contributed by atoms with Crippen molar-refractivity contribution in [1.29, 1.82) is 0 Å². The van der Waals surface area contributed by atoms with Crippen LogP contribution in [0.5, 0.6) is 0 Å². The molecule has 0 spiro atoms. The Morgan fingerprint density at radius 2 is 1.89 bits per heavy atom. The quantitative estimate of drug-likeness (QED) is 0.640. The summed E-state index contributed by atoms with van der Waals surface area (Å²) in [4.78, 5) is 26.2. The van der Waals surface area contributed by atoms with Crippen LogP contribution in [-0.4, -0.2) is 21.6 Å². The molecule has 27 heavy (non-hydrogen) atoms. The predicted octanol–water partition coefficient (Wildman–Crippen LogP) is 5.13. The van der Waals surface area contributed by atoms with Crippen LogP contribution in [-0.2, 0) is 11.3 Å². The van der Waals surface area contributed by atoms with Crippen molar-refractivity contribution in [3.63, 3.8) is 0 Å². The lowest BCUT2D eigenvalue weighted by atomic mass is 9.92. The van der Waals surface area contributed by atoms with Gasteiger partial charge in [0.2, 0.25) is 5.91 Å². The minimum Gasteiger partial charge on any atom is -0.477 e. The SMILES string of the molecule is Cc1ccc(Cn2c(C(=O)O)cc3cc(NC(=O)CC(C)(C)C)ccc32)s1. The Morgan fingerprint density at radius 1 is 1.15 bits per heavy atom. The summed E-state index contributed by atoms with van der Waals surface area (Å²) in [5.74, 6) is -1.01. The van der Waals surface area contributed by atoms with Crippen molar-refractivity contribution in [1.82, 2.24) is 4.57 Å². The van der Waals surface area contributed by atoms with Gasteiger partial charge in [0.05, 0.1) is 6.54 Å². The maximum atomic E-state index is 12.2. The first-order valence-electron chi connectivity index (χ1n) is 8.84. The minimum absolute atomic E-state index is 0.0474. The lowest BCUT2D eigenvalue weighted by Gasteiger charge is -2.17. The summed E-state index contributed by atoms with van der Waals surface area (Å²) in [7, 11) is 0. The smallest absolute Gasteiger partial charge is 0.352 e. The number of hydrogen-bond donors (Lipinski definition) is 2. The summed E-state index contributed by atoms with van der Waals surface area (Å²) in [5.41, 5.74) is 1.67. The molecule has 0 aliphatic carbocycles. The fourth-order valence-electron chi connectivity index (χ4n) is 3.11. The third-order valence-corrected chi connectivity index (χ3v) is 5.19. The van der Waals surface area contributed by atoms with Crippen LogP contribution in [0.2, 0.25) is 0 Å². The van der Waals surface area contributed by atoms with Gasteiger partial charge in [-0.2, -0.15) is 0 Å². The topological polar surface area (TPSA) is 71.3 Å². The standard InChI is InChI=1S/C21H24N2O3S/c1-13-5-7-16(27-13)12-23-17-8-6-15(22-19(24)11-21(2,3)4)9-14(17)10-18(23)20(25)26/h5-10H,11-12H2,1-4H3,(H,22,24)(H,25,26). The highest BCUT2D eigenvalue weighted by Crippen LogP contribution is 2.27. The van der Waals surface area contributed by atoms with Crippen molar-refractivity contribution < 1.29 is 14.7 Å². The number of rotatable bonds is 5. The Labute approximate surface area is 162 Å². The number of aromatic carboxylic acids is 1. The van der Waals surface area contributed by atoms with Gasteiger partial charge in [-0.05, 0) is 48.7 Å². The summed E-state index contributed by atoms with van der Waals surface area (Å²) in [6.07, 6.45) is 0.421. The second kappa shape index (κ2) is 7.19. The minimum atomic E-state index is -0.960. The maximum absolute atomic E-state index is 12.2. The van der Waals surface area contributed by atoms with Gasteiger partial charge in [-0.3, -0.25) is 4.79 Å². The van der Waals surface area contributed by atoms with Crippen LogP contribution in [0.3, 0.4) is 0 Å². The Kier molecular flexibility index (Phi) is 5.11. The molecule has 1 amide bonds. The number of benzene rings is 1. The van der Waals surface area contributed by atoms with Crippen LogP contribution in [0, 0.1) is 12.3 Å². The number of fused-ring (bicyclic) bond motifs is 1. The third-order valence-electron chi connectivity index (χ3n) is 4.21. The fraction of sp³-hybridized carbons (Fsp3) is 0.333. The van der Waals surface area contributed by atoms with Gasteiger partial charge in [0.1, 0.15) is 5.69 Å². The Bertz CT molecular complexity index is 1010. The van der Waals surface area contributed by atoms with Crippen LogP contribution < -0.4 is 5.32 Å². The Hall–Kier alpha value is -2.60. The van der Waals surface area contributed by atoms with Crippen LogP contribution in [0.4, 0.5) is 5.69 Å². The average Bonchev–Trinajstić information content (AvgIpc) is 3.09. The van der Waals surface area contributed by atoms with Crippen LogP contribution >= 0.6 is 11.3 Å². The van der Waals surface area contributed by atoms with Gasteiger partial charge in [-0.1, -0.05) is 20.8 Å². The first-order valence-corrected chi connectivity index (χ1v) is 9.66. The second-order valence-corrected chi connectivity index (χ2v) is 9.36. The molecule has 2 aromatic heterocycles. The third kappa shape index (κ3) is 4.57. The summed E-state index contributed by atoms with van der Waals surface area (Å²) in [5, 5.41) is 13.3. The van der Waals surface area contributed by atoms with Crippen molar-refractivity contribution >= 4 is 39.8 Å². The number of thiophene rings is 1. The van der Waals surface area contributed by atoms with Gasteiger partial charge in [0.15, 0.2) is 0 Å². The largest absolute Gasteiger partial charge is 0.477 e. The molecule has 1 aromatic carbocycles. The van der Waals surface area contributed by atoms with E-state index in [9.17, 15) is 14.7 Å². The number of nitrogens with one attached hydrogen (secondary N) is 1. The number of carboxylic acid groups (broad SMARTS) is 1. The molecule has 0 aliphatic heterocycles. The lowest BCUT2D eigenvalue weighted by molar-refractivity contribution is -0.117. The van der Waals surface area contributed by atoms with Gasteiger partial charge in [-0.25, -0.2) is 4.79 Å². The Morgan fingerprint density at radius 3 is 2.48 bits per heavy atom. The molecule has 142 valence electrons. The molecule has 0 aliphatic rings. The molecular formula is C21H24N2O3S. The van der Waals surface area contributed by atoms with Crippen molar-refractivity contribution in [2.45, 2.75) is 40.7 Å². The number of aromatic nitrogens is 1. The first-order chi connectivity index (χ1) is 12.6. The van der Waals surface area contributed by atoms with E-state index in [1.807, 2.05) is 62.6 Å². The highest BCUT2D eigenvalue weighted by molar-refractivity contribution is 7.11. The van der Waals surface area contributed by atoms with Gasteiger partial charge >= 0.3 is 5.97 Å². The molecule has 0 radical (unpaired) electrons. The van der Waals surface area contributed by atoms with Crippen LogP contribution in [0.25, 0.3) is 10.9 Å². The lowest BCUT2D eigenvalue weighted by Crippen LogP contribution is -2.19. The molecule has 2 N–H and O–H groups in total. The zero-order valence-corrected chi connectivity index (χ0v) is 16.8. The van der Waals surface area contributed by atoms with Crippen molar-refractivity contribution in [2.75, 3.05) is 5.32 Å². The van der Waals surface area contributed by atoms with E-state index in [4.69, 9.17) is 0 Å². The van der Waals surface area contributed by atoms with Crippen LogP contribution in [0.1, 0.15) is 47.4 Å². The van der Waals surface area contributed by atoms with Crippen LogP contribution in [0.15, 0.2) is 36.4 Å². The molecule has 5 nitrogen and oxygen atoms in total. The summed E-state index contributed by atoms with van der Waals surface area (Å²) < 4.78 is 1.81. The predicted molar refractivity (Wildman–Crippen MR) is 110 cm³/mol. The molecule has 0 atom stereocenters. The number of carbonyl (C=O) groups is 2. The zero-order valence-electron chi connectivity index (χ0n) is 16.0. The zero-order chi connectivity index (χ0) is 19.8. The molecule has 0 unspecified atom stereocenters. The molecule has 3 rings (SSSR count). The molecule has 6 heteroatoms. The highest BCUT2D eigenvalue weighted by atomic mass is 32.1. The van der Waals surface area contributed by atoms with E-state index >= 15 is 0 Å². The summed E-state index contributed by atoms with van der Waals surface area (Å²) in [6, 6.07) is 11.3. The number of carboxylic acids is 1. The Balaban J connectivity index is 1.93. The van der Waals surface area contributed by atoms with Gasteiger partial charge in [-0.15, -0.1) is 11.3 Å². The highest BCUT2D eigenvalue weighted by Gasteiger charge is 2.18. The van der Waals surface area contributed by atoms with E-state index in [2.05, 4.69) is 5.32 Å². The second-order valence-electron chi connectivity index (χ2n) is 7.99. The number of aryl methyl sites for hydroxylation is 1. The van der Waals surface area contributed by atoms with Crippen molar-refractivity contribution in [2.24, 2.45) is 5.41 Å². The molecule has 0 fully saturated rings. The monoisotopic (exact) mass is 384 g/mol. The fourth-order valence-corrected chi connectivity index (χ4v) is 3.99. The molecule has 3 aromatic rings. The van der Waals surface area contributed by atoms with E-state index in [-0.39, 0.29) is 17.0 Å². The number of anilines is 1. The van der Waals surface area contributed by atoms with Gasteiger partial charge in [0, 0.05) is 32.8 Å². The number of hydrogen-bond acceptors (Lipinski definition) is 3. The number of carbonyl (C=O) groups excluding carboxylic acids is 1. The maximum Gasteiger partial charge on any atom is 0.352 e. The normalized spacial score (nSPS) is 11.7.